The number of rotatable bonds is 8. The number of hydrogen-bond donors (Lipinski definition) is 1. The van der Waals surface area contributed by atoms with E-state index < -0.39 is 31.3 Å². The Bertz CT molecular complexity index is 1080. The van der Waals surface area contributed by atoms with Crippen LogP contribution in [0.15, 0.2) is 55.1 Å². The molecule has 1 aliphatic heterocycles. The van der Waals surface area contributed by atoms with Crippen molar-refractivity contribution in [3.8, 4) is 11.1 Å². The zero-order chi connectivity index (χ0) is 25.1. The molecule has 0 spiro atoms. The molecule has 0 radical (unpaired) electrons. The minimum atomic E-state index is -1.45. The van der Waals surface area contributed by atoms with Crippen LogP contribution in [-0.4, -0.2) is 55.9 Å². The highest BCUT2D eigenvalue weighted by Crippen LogP contribution is 2.45. The highest BCUT2D eigenvalue weighted by atomic mass is 28.3. The molecule has 34 heavy (non-hydrogen) atoms. The Morgan fingerprint density at radius 1 is 1.15 bits per heavy atom. The van der Waals surface area contributed by atoms with Gasteiger partial charge < -0.3 is 14.6 Å². The van der Waals surface area contributed by atoms with Crippen LogP contribution in [0.3, 0.4) is 0 Å². The molecule has 1 amide bonds. The number of carbonyl (C=O) groups excluding carboxylic acids is 1. The number of aliphatic carboxylic acids is 1. The van der Waals surface area contributed by atoms with Crippen LogP contribution in [0.2, 0.25) is 25.7 Å². The molecule has 2 aromatic rings. The lowest BCUT2D eigenvalue weighted by Crippen LogP contribution is -2.51. The molecular formula is C27H35NO5Si. The van der Waals surface area contributed by atoms with Crippen molar-refractivity contribution in [1.82, 2.24) is 4.90 Å². The Morgan fingerprint density at radius 2 is 1.79 bits per heavy atom. The maximum Gasteiger partial charge on any atom is 0.410 e. The molecular weight excluding hydrogens is 446 g/mol. The van der Waals surface area contributed by atoms with Gasteiger partial charge in [-0.1, -0.05) is 68.7 Å². The number of methoxy groups -OCH3 is 1. The molecule has 2 atom stereocenters. The number of carboxylic acids is 1. The van der Waals surface area contributed by atoms with Gasteiger partial charge in [-0.25, -0.2) is 9.59 Å². The van der Waals surface area contributed by atoms with Gasteiger partial charge in [-0.15, -0.1) is 0 Å². The Balaban J connectivity index is 1.95. The molecule has 1 aliphatic rings. The SMILES string of the molecule is C=Cc1cccc(-c2cccc([C@@]3(OC)CN(C(=O)OCC[Si](C)(C)C)[C@](C)(C(=O)O)C3)c2)c1. The van der Waals surface area contributed by atoms with E-state index in [4.69, 9.17) is 9.47 Å². The van der Waals surface area contributed by atoms with Crippen LogP contribution < -0.4 is 0 Å². The monoisotopic (exact) mass is 481 g/mol. The molecule has 1 saturated heterocycles. The summed E-state index contributed by atoms with van der Waals surface area (Å²) in [5, 5.41) is 10.1. The number of hydrogen-bond acceptors (Lipinski definition) is 4. The van der Waals surface area contributed by atoms with Crippen LogP contribution >= 0.6 is 0 Å². The van der Waals surface area contributed by atoms with Crippen LogP contribution in [-0.2, 0) is 19.9 Å². The summed E-state index contributed by atoms with van der Waals surface area (Å²) in [6.45, 7) is 12.4. The first-order valence-electron chi connectivity index (χ1n) is 11.5. The lowest BCUT2D eigenvalue weighted by Gasteiger charge is -2.30. The third-order valence-corrected chi connectivity index (χ3v) is 8.34. The Morgan fingerprint density at radius 3 is 2.38 bits per heavy atom. The maximum absolute atomic E-state index is 13.0. The summed E-state index contributed by atoms with van der Waals surface area (Å²) in [6.07, 6.45) is 1.30. The maximum atomic E-state index is 13.0. The number of nitrogens with zero attached hydrogens (tertiary/aromatic N) is 1. The van der Waals surface area contributed by atoms with E-state index in [0.717, 1.165) is 28.3 Å². The molecule has 2 aromatic carbocycles. The molecule has 0 aliphatic carbocycles. The normalized spacial score (nSPS) is 22.4. The van der Waals surface area contributed by atoms with Crippen molar-refractivity contribution in [2.75, 3.05) is 20.3 Å². The average molecular weight is 482 g/mol. The molecule has 0 saturated carbocycles. The fraction of sp³-hybridized carbons (Fsp3) is 0.407. The van der Waals surface area contributed by atoms with Crippen LogP contribution in [0.4, 0.5) is 4.79 Å². The quantitative estimate of drug-likeness (QED) is 0.478. The summed E-state index contributed by atoms with van der Waals surface area (Å²) >= 11 is 0. The molecule has 1 fully saturated rings. The van der Waals surface area contributed by atoms with E-state index in [-0.39, 0.29) is 19.6 Å². The van der Waals surface area contributed by atoms with Crippen molar-refractivity contribution >= 4 is 26.2 Å². The fourth-order valence-corrected chi connectivity index (χ4v) is 5.11. The van der Waals surface area contributed by atoms with E-state index in [2.05, 4.69) is 26.2 Å². The number of likely N-dealkylation sites (tertiary alicyclic amines) is 1. The lowest BCUT2D eigenvalue weighted by molar-refractivity contribution is -0.148. The van der Waals surface area contributed by atoms with E-state index in [1.165, 1.54) is 4.90 Å². The fourth-order valence-electron chi connectivity index (χ4n) is 4.39. The van der Waals surface area contributed by atoms with Gasteiger partial charge in [0, 0.05) is 21.6 Å². The average Bonchev–Trinajstić information content (AvgIpc) is 3.14. The molecule has 7 heteroatoms. The molecule has 6 nitrogen and oxygen atoms in total. The first kappa shape index (κ1) is 25.7. The third kappa shape index (κ3) is 5.26. The van der Waals surface area contributed by atoms with Crippen molar-refractivity contribution in [3.05, 3.63) is 66.2 Å². The van der Waals surface area contributed by atoms with Gasteiger partial charge in [0.2, 0.25) is 0 Å². The zero-order valence-corrected chi connectivity index (χ0v) is 21.8. The van der Waals surface area contributed by atoms with E-state index in [0.29, 0.717) is 0 Å². The number of ether oxygens (including phenoxy) is 2. The summed E-state index contributed by atoms with van der Waals surface area (Å²) in [4.78, 5) is 26.7. The van der Waals surface area contributed by atoms with Gasteiger partial charge in [0.15, 0.2) is 0 Å². The van der Waals surface area contributed by atoms with Crippen LogP contribution in [0.25, 0.3) is 17.2 Å². The van der Waals surface area contributed by atoms with Crippen molar-refractivity contribution < 1.29 is 24.2 Å². The van der Waals surface area contributed by atoms with Gasteiger partial charge in [-0.05, 0) is 47.4 Å². The van der Waals surface area contributed by atoms with Crippen molar-refractivity contribution in [2.24, 2.45) is 0 Å². The van der Waals surface area contributed by atoms with Crippen LogP contribution in [0, 0.1) is 0 Å². The Kier molecular flexibility index (Phi) is 7.38. The number of carbonyl (C=O) groups is 2. The standard InChI is InChI=1S/C27H35NO5Si/c1-7-20-10-8-11-21(16-20)22-12-9-13-23(17-22)27(32-3)18-26(2,24(29)30)28(19-27)25(31)33-14-15-34(4,5)6/h7-13,16-17H,1,14-15,18-19H2,2-6H3,(H,29,30)/t26-,27-/m0/s1. The van der Waals surface area contributed by atoms with E-state index in [9.17, 15) is 14.7 Å². The summed E-state index contributed by atoms with van der Waals surface area (Å²) in [7, 11) is 0.165. The topological polar surface area (TPSA) is 76.1 Å². The van der Waals surface area contributed by atoms with Gasteiger partial charge >= 0.3 is 12.1 Å². The second-order valence-corrected chi connectivity index (χ2v) is 16.0. The molecule has 1 N–H and O–H groups in total. The van der Waals surface area contributed by atoms with E-state index in [1.807, 2.05) is 48.5 Å². The summed E-state index contributed by atoms with van der Waals surface area (Å²) in [6, 6.07) is 16.7. The molecule has 3 rings (SSSR count). The number of benzene rings is 2. The van der Waals surface area contributed by atoms with Gasteiger partial charge in [-0.2, -0.15) is 0 Å². The predicted octanol–water partition coefficient (Wildman–Crippen LogP) is 5.86. The summed E-state index contributed by atoms with van der Waals surface area (Å²) in [5.41, 5.74) is 1.40. The number of carboxylic acid groups (broad SMARTS) is 1. The van der Waals surface area contributed by atoms with Crippen molar-refractivity contribution in [3.63, 3.8) is 0 Å². The minimum absolute atomic E-state index is 0.0915. The Hall–Kier alpha value is -2.90. The summed E-state index contributed by atoms with van der Waals surface area (Å²) in [5.74, 6) is -1.08. The molecule has 1 heterocycles. The molecule has 0 bridgehead atoms. The van der Waals surface area contributed by atoms with Crippen molar-refractivity contribution in [2.45, 2.75) is 50.2 Å². The van der Waals surface area contributed by atoms with Gasteiger partial charge in [-0.3, -0.25) is 4.90 Å². The largest absolute Gasteiger partial charge is 0.480 e. The van der Waals surface area contributed by atoms with Crippen LogP contribution in [0.5, 0.6) is 0 Å². The van der Waals surface area contributed by atoms with E-state index >= 15 is 0 Å². The van der Waals surface area contributed by atoms with Gasteiger partial charge in [0.25, 0.3) is 0 Å². The minimum Gasteiger partial charge on any atom is -0.480 e. The molecule has 0 unspecified atom stereocenters. The first-order valence-corrected chi connectivity index (χ1v) is 15.2. The number of amides is 1. The Labute approximate surface area is 203 Å². The second kappa shape index (κ2) is 9.76. The molecule has 0 aromatic heterocycles. The van der Waals surface area contributed by atoms with Crippen molar-refractivity contribution in [1.29, 1.82) is 0 Å². The first-order chi connectivity index (χ1) is 15.9. The zero-order valence-electron chi connectivity index (χ0n) is 20.8. The lowest BCUT2D eigenvalue weighted by atomic mass is 9.84. The highest BCUT2D eigenvalue weighted by Gasteiger charge is 2.58. The molecule has 182 valence electrons. The predicted molar refractivity (Wildman–Crippen MR) is 138 cm³/mol. The van der Waals surface area contributed by atoms with Gasteiger partial charge in [0.1, 0.15) is 11.1 Å². The van der Waals surface area contributed by atoms with Gasteiger partial charge in [0.05, 0.1) is 13.2 Å². The highest BCUT2D eigenvalue weighted by molar-refractivity contribution is 6.76. The second-order valence-electron chi connectivity index (χ2n) is 10.4. The van der Waals surface area contributed by atoms with E-state index in [1.54, 1.807) is 20.1 Å². The third-order valence-electron chi connectivity index (χ3n) is 6.63. The summed E-state index contributed by atoms with van der Waals surface area (Å²) < 4.78 is 11.5. The smallest absolute Gasteiger partial charge is 0.410 e. The van der Waals surface area contributed by atoms with Crippen LogP contribution in [0.1, 0.15) is 24.5 Å².